The Morgan fingerprint density at radius 3 is 2.30 bits per heavy atom. The average Bonchev–Trinajstić information content (AvgIpc) is 2.42. The molecule has 1 atom stereocenters. The lowest BCUT2D eigenvalue weighted by molar-refractivity contribution is -0.120. The quantitative estimate of drug-likeness (QED) is 0.807. The van der Waals surface area contributed by atoms with Crippen molar-refractivity contribution in [2.45, 2.75) is 39.2 Å². The molecule has 0 spiro atoms. The van der Waals surface area contributed by atoms with Crippen LogP contribution in [0.5, 0.6) is 0 Å². The van der Waals surface area contributed by atoms with Gasteiger partial charge in [-0.25, -0.2) is 8.78 Å². The molecule has 1 rings (SSSR count). The van der Waals surface area contributed by atoms with Gasteiger partial charge in [0.05, 0.1) is 6.42 Å². The van der Waals surface area contributed by atoms with E-state index in [4.69, 9.17) is 5.73 Å². The summed E-state index contributed by atoms with van der Waals surface area (Å²) in [6.07, 6.45) is 1.57. The van der Waals surface area contributed by atoms with Gasteiger partial charge in [-0.15, -0.1) is 0 Å². The maximum atomic E-state index is 13.4. The molecule has 0 saturated heterocycles. The summed E-state index contributed by atoms with van der Waals surface area (Å²) in [7, 11) is 0. The molecule has 0 aliphatic rings. The van der Waals surface area contributed by atoms with Gasteiger partial charge in [0, 0.05) is 18.2 Å². The van der Waals surface area contributed by atoms with E-state index in [1.165, 1.54) is 6.07 Å². The molecule has 1 amide bonds. The Morgan fingerprint density at radius 2 is 1.80 bits per heavy atom. The SMILES string of the molecule is CCC(CC)C(N)CNC(=O)Cc1c(F)cccc1F. The summed E-state index contributed by atoms with van der Waals surface area (Å²) in [5, 5.41) is 2.64. The summed E-state index contributed by atoms with van der Waals surface area (Å²) < 4.78 is 26.8. The molecule has 3 N–H and O–H groups in total. The van der Waals surface area contributed by atoms with Gasteiger partial charge in [-0.05, 0) is 18.1 Å². The van der Waals surface area contributed by atoms with Crippen LogP contribution >= 0.6 is 0 Å². The van der Waals surface area contributed by atoms with Crippen LogP contribution in [0.3, 0.4) is 0 Å². The summed E-state index contributed by atoms with van der Waals surface area (Å²) in [6, 6.07) is 3.41. The second-order valence-electron chi connectivity index (χ2n) is 4.92. The average molecular weight is 284 g/mol. The van der Waals surface area contributed by atoms with E-state index in [1.54, 1.807) is 0 Å². The molecule has 112 valence electrons. The van der Waals surface area contributed by atoms with Crippen molar-refractivity contribution in [2.24, 2.45) is 11.7 Å². The Bertz CT molecular complexity index is 427. The molecule has 1 unspecified atom stereocenters. The zero-order chi connectivity index (χ0) is 15.1. The number of nitrogens with two attached hydrogens (primary N) is 1. The second kappa shape index (κ2) is 7.94. The molecule has 3 nitrogen and oxygen atoms in total. The Labute approximate surface area is 118 Å². The van der Waals surface area contributed by atoms with Crippen LogP contribution in [0.4, 0.5) is 8.78 Å². The maximum Gasteiger partial charge on any atom is 0.224 e. The van der Waals surface area contributed by atoms with Crippen LogP contribution in [-0.4, -0.2) is 18.5 Å². The van der Waals surface area contributed by atoms with Gasteiger partial charge in [0.15, 0.2) is 0 Å². The highest BCUT2D eigenvalue weighted by Gasteiger charge is 2.16. The largest absolute Gasteiger partial charge is 0.354 e. The van der Waals surface area contributed by atoms with Gasteiger partial charge >= 0.3 is 0 Å². The molecule has 1 aromatic carbocycles. The fourth-order valence-corrected chi connectivity index (χ4v) is 2.22. The first kappa shape index (κ1) is 16.6. The monoisotopic (exact) mass is 284 g/mol. The van der Waals surface area contributed by atoms with E-state index >= 15 is 0 Å². The minimum absolute atomic E-state index is 0.139. The molecule has 0 aromatic heterocycles. The van der Waals surface area contributed by atoms with Crippen LogP contribution in [0.1, 0.15) is 32.3 Å². The summed E-state index contributed by atoms with van der Waals surface area (Å²) in [5.41, 5.74) is 5.77. The first-order chi connectivity index (χ1) is 9.49. The molecule has 5 heteroatoms. The third kappa shape index (κ3) is 4.56. The highest BCUT2D eigenvalue weighted by Crippen LogP contribution is 2.13. The van der Waals surface area contributed by atoms with E-state index in [2.05, 4.69) is 5.32 Å². The van der Waals surface area contributed by atoms with Gasteiger partial charge in [-0.3, -0.25) is 4.79 Å². The first-order valence-electron chi connectivity index (χ1n) is 6.94. The summed E-state index contributed by atoms with van der Waals surface area (Å²) in [5.74, 6) is -1.50. The normalized spacial score (nSPS) is 12.5. The molecular weight excluding hydrogens is 262 g/mol. The standard InChI is InChI=1S/C15H22F2N2O/c1-3-10(4-2)14(18)9-19-15(20)8-11-12(16)6-5-7-13(11)17/h5-7,10,14H,3-4,8-9,18H2,1-2H3,(H,19,20). The van der Waals surface area contributed by atoms with E-state index in [0.717, 1.165) is 25.0 Å². The van der Waals surface area contributed by atoms with Crippen molar-refractivity contribution in [3.63, 3.8) is 0 Å². The Kier molecular flexibility index (Phi) is 6.58. The van der Waals surface area contributed by atoms with Crippen molar-refractivity contribution in [1.82, 2.24) is 5.32 Å². The third-order valence-electron chi connectivity index (χ3n) is 3.59. The number of carbonyl (C=O) groups is 1. The Hall–Kier alpha value is -1.49. The number of hydrogen-bond donors (Lipinski definition) is 2. The topological polar surface area (TPSA) is 55.1 Å². The molecule has 0 bridgehead atoms. The van der Waals surface area contributed by atoms with Crippen molar-refractivity contribution in [3.8, 4) is 0 Å². The number of carbonyl (C=O) groups excluding carboxylic acids is 1. The lowest BCUT2D eigenvalue weighted by Crippen LogP contribution is -2.42. The zero-order valence-electron chi connectivity index (χ0n) is 12.0. The maximum absolute atomic E-state index is 13.4. The molecule has 1 aromatic rings. The summed E-state index contributed by atoms with van der Waals surface area (Å²) in [4.78, 5) is 11.7. The smallest absolute Gasteiger partial charge is 0.224 e. The number of halogens is 2. The molecule has 0 fully saturated rings. The van der Waals surface area contributed by atoms with E-state index in [0.29, 0.717) is 12.5 Å². The molecule has 0 heterocycles. The van der Waals surface area contributed by atoms with Gasteiger partial charge < -0.3 is 11.1 Å². The molecule has 0 radical (unpaired) electrons. The van der Waals surface area contributed by atoms with E-state index < -0.39 is 17.5 Å². The van der Waals surface area contributed by atoms with Crippen molar-refractivity contribution in [3.05, 3.63) is 35.4 Å². The lowest BCUT2D eigenvalue weighted by atomic mass is 9.95. The van der Waals surface area contributed by atoms with Crippen LogP contribution in [0, 0.1) is 17.6 Å². The van der Waals surface area contributed by atoms with E-state index in [9.17, 15) is 13.6 Å². The summed E-state index contributed by atoms with van der Waals surface area (Å²) >= 11 is 0. The van der Waals surface area contributed by atoms with Gasteiger partial charge in [-0.1, -0.05) is 32.8 Å². The van der Waals surface area contributed by atoms with Crippen LogP contribution in [-0.2, 0) is 11.2 Å². The highest BCUT2D eigenvalue weighted by atomic mass is 19.1. The number of hydrogen-bond acceptors (Lipinski definition) is 2. The van der Waals surface area contributed by atoms with Crippen molar-refractivity contribution >= 4 is 5.91 Å². The predicted octanol–water partition coefficient (Wildman–Crippen LogP) is 2.39. The van der Waals surface area contributed by atoms with Crippen molar-refractivity contribution < 1.29 is 13.6 Å². The highest BCUT2D eigenvalue weighted by molar-refractivity contribution is 5.78. The number of nitrogens with one attached hydrogen (secondary N) is 1. The third-order valence-corrected chi connectivity index (χ3v) is 3.59. The van der Waals surface area contributed by atoms with Crippen molar-refractivity contribution in [2.75, 3.05) is 6.54 Å². The fraction of sp³-hybridized carbons (Fsp3) is 0.533. The van der Waals surface area contributed by atoms with Gasteiger partial charge in [0.2, 0.25) is 5.91 Å². The molecular formula is C15H22F2N2O. The Balaban J connectivity index is 2.52. The lowest BCUT2D eigenvalue weighted by Gasteiger charge is -2.21. The van der Waals surface area contributed by atoms with E-state index in [1.807, 2.05) is 13.8 Å². The predicted molar refractivity (Wildman–Crippen MR) is 75.1 cm³/mol. The summed E-state index contributed by atoms with van der Waals surface area (Å²) in [6.45, 7) is 4.41. The van der Waals surface area contributed by atoms with Crippen LogP contribution < -0.4 is 11.1 Å². The number of benzene rings is 1. The first-order valence-corrected chi connectivity index (χ1v) is 6.94. The van der Waals surface area contributed by atoms with Crippen LogP contribution in [0.2, 0.25) is 0 Å². The van der Waals surface area contributed by atoms with Gasteiger partial charge in [0.1, 0.15) is 11.6 Å². The number of amides is 1. The molecule has 20 heavy (non-hydrogen) atoms. The van der Waals surface area contributed by atoms with Crippen LogP contribution in [0.15, 0.2) is 18.2 Å². The van der Waals surface area contributed by atoms with E-state index in [-0.39, 0.29) is 18.0 Å². The second-order valence-corrected chi connectivity index (χ2v) is 4.92. The minimum Gasteiger partial charge on any atom is -0.354 e. The molecule has 0 aliphatic carbocycles. The van der Waals surface area contributed by atoms with Crippen molar-refractivity contribution in [1.29, 1.82) is 0 Å². The van der Waals surface area contributed by atoms with Gasteiger partial charge in [0.25, 0.3) is 0 Å². The van der Waals surface area contributed by atoms with Crippen LogP contribution in [0.25, 0.3) is 0 Å². The zero-order valence-corrected chi connectivity index (χ0v) is 12.0. The Morgan fingerprint density at radius 1 is 1.25 bits per heavy atom. The molecule has 0 aliphatic heterocycles. The number of rotatable bonds is 7. The molecule has 0 saturated carbocycles. The van der Waals surface area contributed by atoms with Gasteiger partial charge in [-0.2, -0.15) is 0 Å². The fourth-order valence-electron chi connectivity index (χ4n) is 2.22. The minimum atomic E-state index is -0.704.